The van der Waals surface area contributed by atoms with Crippen molar-refractivity contribution in [3.8, 4) is 0 Å². The highest BCUT2D eigenvalue weighted by Gasteiger charge is 2.27. The van der Waals surface area contributed by atoms with Crippen LogP contribution in [-0.4, -0.2) is 60.3 Å². The Morgan fingerprint density at radius 2 is 1.83 bits per heavy atom. The van der Waals surface area contributed by atoms with Crippen LogP contribution in [0.3, 0.4) is 0 Å². The van der Waals surface area contributed by atoms with Crippen LogP contribution in [-0.2, 0) is 11.2 Å². The average Bonchev–Trinajstić information content (AvgIpc) is 2.87. The van der Waals surface area contributed by atoms with Gasteiger partial charge in [0.2, 0.25) is 5.91 Å². The third-order valence-electron chi connectivity index (χ3n) is 6.88. The van der Waals surface area contributed by atoms with Gasteiger partial charge in [-0.3, -0.25) is 9.79 Å². The molecular formula is C28H34F2N4O. The Morgan fingerprint density at radius 1 is 1.11 bits per heavy atom. The number of carbonyl (C=O) groups is 1. The Balaban J connectivity index is 1.43. The van der Waals surface area contributed by atoms with E-state index in [9.17, 15) is 13.6 Å². The minimum absolute atomic E-state index is 0.0271. The number of hydrogen-bond acceptors (Lipinski definition) is 3. The fourth-order valence-electron chi connectivity index (χ4n) is 5.09. The quantitative estimate of drug-likeness (QED) is 0.442. The first-order chi connectivity index (χ1) is 17.0. The average molecular weight is 481 g/mol. The first-order valence-electron chi connectivity index (χ1n) is 12.5. The van der Waals surface area contributed by atoms with Crippen LogP contribution < -0.4 is 5.32 Å². The Labute approximate surface area is 206 Å². The molecule has 1 saturated heterocycles. The van der Waals surface area contributed by atoms with Crippen molar-refractivity contribution in [3.05, 3.63) is 77.9 Å². The van der Waals surface area contributed by atoms with Gasteiger partial charge in [0.1, 0.15) is 18.2 Å². The molecule has 1 atom stereocenters. The first kappa shape index (κ1) is 25.0. The molecule has 1 heterocycles. The molecule has 0 aromatic heterocycles. The maximum atomic E-state index is 13.7. The molecule has 0 radical (unpaired) electrons. The Hall–Kier alpha value is -3.06. The summed E-state index contributed by atoms with van der Waals surface area (Å²) in [6.45, 7) is 6.16. The number of hydrogen-bond donors (Lipinski definition) is 1. The molecule has 0 spiro atoms. The van der Waals surface area contributed by atoms with E-state index in [0.717, 1.165) is 30.2 Å². The van der Waals surface area contributed by atoms with E-state index < -0.39 is 11.6 Å². The molecule has 0 unspecified atom stereocenters. The van der Waals surface area contributed by atoms with Crippen molar-refractivity contribution < 1.29 is 13.6 Å². The predicted octanol–water partition coefficient (Wildman–Crippen LogP) is 4.64. The molecule has 1 amide bonds. The van der Waals surface area contributed by atoms with Gasteiger partial charge in [-0.2, -0.15) is 0 Å². The van der Waals surface area contributed by atoms with E-state index in [2.05, 4.69) is 21.8 Å². The van der Waals surface area contributed by atoms with Gasteiger partial charge in [0, 0.05) is 43.5 Å². The second-order valence-corrected chi connectivity index (χ2v) is 9.39. The molecule has 2 aromatic rings. The minimum Gasteiger partial charge on any atom is -0.335 e. The van der Waals surface area contributed by atoms with Gasteiger partial charge < -0.3 is 15.1 Å². The minimum atomic E-state index is -0.604. The topological polar surface area (TPSA) is 47.9 Å². The number of rotatable bonds is 8. The summed E-state index contributed by atoms with van der Waals surface area (Å²) in [7, 11) is 0. The molecule has 1 aliphatic heterocycles. The molecule has 1 saturated carbocycles. The van der Waals surface area contributed by atoms with Crippen molar-refractivity contribution in [1.82, 2.24) is 15.1 Å². The van der Waals surface area contributed by atoms with Crippen LogP contribution in [0.25, 0.3) is 5.70 Å². The normalized spacial score (nSPS) is 19.1. The largest absolute Gasteiger partial charge is 0.335 e. The molecular weight excluding hydrogens is 446 g/mol. The van der Waals surface area contributed by atoms with Gasteiger partial charge in [-0.1, -0.05) is 56.2 Å². The number of halogens is 2. The third kappa shape index (κ3) is 6.75. The predicted molar refractivity (Wildman–Crippen MR) is 136 cm³/mol. The van der Waals surface area contributed by atoms with Crippen LogP contribution in [0.5, 0.6) is 0 Å². The van der Waals surface area contributed by atoms with Crippen LogP contribution in [0.15, 0.2) is 60.1 Å². The van der Waals surface area contributed by atoms with Gasteiger partial charge in [0.15, 0.2) is 0 Å². The van der Waals surface area contributed by atoms with Gasteiger partial charge in [-0.25, -0.2) is 8.78 Å². The summed E-state index contributed by atoms with van der Waals surface area (Å²) in [4.78, 5) is 21.6. The summed E-state index contributed by atoms with van der Waals surface area (Å²) < 4.78 is 27.3. The second kappa shape index (κ2) is 12.1. The van der Waals surface area contributed by atoms with Gasteiger partial charge in [-0.05, 0) is 42.5 Å². The number of piperazine rings is 1. The fraction of sp³-hybridized carbons (Fsp3) is 0.429. The van der Waals surface area contributed by atoms with E-state index in [1.165, 1.54) is 31.4 Å². The summed E-state index contributed by atoms with van der Waals surface area (Å²) in [5.41, 5.74) is 2.47. The molecule has 4 rings (SSSR count). The number of carbonyl (C=O) groups excluding carboxylic acids is 1. The lowest BCUT2D eigenvalue weighted by Crippen LogP contribution is -2.55. The van der Waals surface area contributed by atoms with E-state index in [4.69, 9.17) is 0 Å². The number of aliphatic imine (C=N–C) groups is 1. The molecule has 35 heavy (non-hydrogen) atoms. The van der Waals surface area contributed by atoms with Crippen LogP contribution in [0.1, 0.15) is 43.2 Å². The molecule has 1 N–H and O–H groups in total. The number of nitrogens with zero attached hydrogens (tertiary/aromatic N) is 3. The monoisotopic (exact) mass is 480 g/mol. The first-order valence-corrected chi connectivity index (χ1v) is 12.5. The third-order valence-corrected chi connectivity index (χ3v) is 6.88. The molecule has 2 fully saturated rings. The summed E-state index contributed by atoms with van der Waals surface area (Å²) in [5.74, 6) is -1.29. The highest BCUT2D eigenvalue weighted by atomic mass is 19.1. The van der Waals surface area contributed by atoms with Crippen molar-refractivity contribution in [3.63, 3.8) is 0 Å². The van der Waals surface area contributed by atoms with Crippen molar-refractivity contribution in [2.24, 2.45) is 4.99 Å². The summed E-state index contributed by atoms with van der Waals surface area (Å²) in [6.07, 6.45) is 7.93. The number of nitrogens with one attached hydrogen (secondary N) is 1. The molecule has 186 valence electrons. The van der Waals surface area contributed by atoms with E-state index in [0.29, 0.717) is 37.7 Å². The van der Waals surface area contributed by atoms with Gasteiger partial charge in [0.25, 0.3) is 0 Å². The number of benzene rings is 2. The molecule has 7 heteroatoms. The van der Waals surface area contributed by atoms with Gasteiger partial charge >= 0.3 is 0 Å². The van der Waals surface area contributed by atoms with Crippen LogP contribution in [0, 0.1) is 11.6 Å². The van der Waals surface area contributed by atoms with E-state index in [-0.39, 0.29) is 18.5 Å². The SMILES string of the molecule is C=C(c1ccccc1)N(C=NCC(=O)N1CCNC[C@H]1Cc1cc(F)cc(F)c1)C1CCCCC1. The highest BCUT2D eigenvalue weighted by molar-refractivity contribution is 5.82. The standard InChI is InChI=1S/C28H34F2N4O/c1-21(23-8-4-2-5-9-23)34(26-10-6-3-7-11-26)20-32-19-28(35)33-13-12-31-18-27(33)16-22-14-24(29)17-25(30)15-22/h2,4-5,8-9,14-15,17,20,26-27,31H,1,3,6-7,10-13,16,18-19H2/t27-/m1/s1. The molecule has 2 aliphatic rings. The van der Waals surface area contributed by atoms with E-state index >= 15 is 0 Å². The van der Waals surface area contributed by atoms with Crippen molar-refractivity contribution >= 4 is 17.9 Å². The Morgan fingerprint density at radius 3 is 2.54 bits per heavy atom. The van der Waals surface area contributed by atoms with Gasteiger partial charge in [0.05, 0.1) is 6.34 Å². The summed E-state index contributed by atoms with van der Waals surface area (Å²) >= 11 is 0. The van der Waals surface area contributed by atoms with Crippen molar-refractivity contribution in [2.75, 3.05) is 26.2 Å². The van der Waals surface area contributed by atoms with Crippen molar-refractivity contribution in [1.29, 1.82) is 0 Å². The van der Waals surface area contributed by atoms with E-state index in [1.807, 2.05) is 30.3 Å². The zero-order valence-corrected chi connectivity index (χ0v) is 20.1. The van der Waals surface area contributed by atoms with E-state index in [1.54, 1.807) is 11.2 Å². The fourth-order valence-corrected chi connectivity index (χ4v) is 5.09. The lowest BCUT2D eigenvalue weighted by atomic mass is 9.93. The highest BCUT2D eigenvalue weighted by Crippen LogP contribution is 2.27. The number of amides is 1. The lowest BCUT2D eigenvalue weighted by Gasteiger charge is -2.36. The van der Waals surface area contributed by atoms with Crippen LogP contribution in [0.4, 0.5) is 8.78 Å². The van der Waals surface area contributed by atoms with Crippen LogP contribution >= 0.6 is 0 Å². The lowest BCUT2D eigenvalue weighted by molar-refractivity contribution is -0.132. The summed E-state index contributed by atoms with van der Waals surface area (Å²) in [5, 5.41) is 3.28. The molecule has 1 aliphatic carbocycles. The maximum Gasteiger partial charge on any atom is 0.244 e. The van der Waals surface area contributed by atoms with Crippen molar-refractivity contribution in [2.45, 2.75) is 50.6 Å². The summed E-state index contributed by atoms with van der Waals surface area (Å²) in [6, 6.07) is 13.7. The van der Waals surface area contributed by atoms with Crippen LogP contribution in [0.2, 0.25) is 0 Å². The Bertz CT molecular complexity index is 1020. The maximum absolute atomic E-state index is 13.7. The Kier molecular flexibility index (Phi) is 8.64. The second-order valence-electron chi connectivity index (χ2n) is 9.39. The van der Waals surface area contributed by atoms with Gasteiger partial charge in [-0.15, -0.1) is 0 Å². The molecule has 2 aromatic carbocycles. The zero-order valence-electron chi connectivity index (χ0n) is 20.1. The molecule has 0 bridgehead atoms. The smallest absolute Gasteiger partial charge is 0.244 e. The zero-order chi connectivity index (χ0) is 24.6. The molecule has 5 nitrogen and oxygen atoms in total.